The highest BCUT2D eigenvalue weighted by molar-refractivity contribution is 9.10. The van der Waals surface area contributed by atoms with E-state index < -0.39 is 6.03 Å². The molecule has 0 radical (unpaired) electrons. The van der Waals surface area contributed by atoms with E-state index in [1.807, 2.05) is 26.0 Å². The highest BCUT2D eigenvalue weighted by atomic mass is 79.9. The third kappa shape index (κ3) is 3.49. The van der Waals surface area contributed by atoms with Crippen LogP contribution in [0, 0.1) is 5.41 Å². The Kier molecular flexibility index (Phi) is 5.97. The van der Waals surface area contributed by atoms with Crippen molar-refractivity contribution in [2.45, 2.75) is 26.7 Å². The molecule has 4 N–H and O–H groups in total. The minimum Gasteiger partial charge on any atom is -0.369 e. The molecule has 0 saturated heterocycles. The van der Waals surface area contributed by atoms with Gasteiger partial charge in [0.05, 0.1) is 12.8 Å². The number of aryl methyl sites for hydroxylation is 2. The number of urea groups is 1. The van der Waals surface area contributed by atoms with Gasteiger partial charge in [-0.1, -0.05) is 29.8 Å². The quantitative estimate of drug-likeness (QED) is 0.446. The Morgan fingerprint density at radius 2 is 1.90 bits per heavy atom. The molecule has 1 aromatic carbocycles. The van der Waals surface area contributed by atoms with Crippen LogP contribution in [0.2, 0.25) is 0 Å². The zero-order valence-electron chi connectivity index (χ0n) is 11.8. The second-order valence-corrected chi connectivity index (χ2v) is 5.03. The van der Waals surface area contributed by atoms with Crippen molar-refractivity contribution < 1.29 is 9.63 Å². The summed E-state index contributed by atoms with van der Waals surface area (Å²) >= 11 is 3.45. The van der Waals surface area contributed by atoms with Gasteiger partial charge in [0.1, 0.15) is 0 Å². The van der Waals surface area contributed by atoms with Gasteiger partial charge in [-0.25, -0.2) is 15.2 Å². The van der Waals surface area contributed by atoms with Crippen LogP contribution in [0.5, 0.6) is 0 Å². The molecular formula is C13H19BrN4O2. The molecule has 20 heavy (non-hydrogen) atoms. The van der Waals surface area contributed by atoms with E-state index in [9.17, 15) is 4.79 Å². The van der Waals surface area contributed by atoms with Gasteiger partial charge in [-0.2, -0.15) is 0 Å². The van der Waals surface area contributed by atoms with Gasteiger partial charge in [-0.3, -0.25) is 10.2 Å². The molecule has 0 fully saturated rings. The number of nitrogens with two attached hydrogens (primary N) is 1. The maximum Gasteiger partial charge on any atom is 0.352 e. The zero-order valence-corrected chi connectivity index (χ0v) is 13.4. The number of hydroxylamine groups is 1. The van der Waals surface area contributed by atoms with E-state index in [1.165, 1.54) is 7.11 Å². The Bertz CT molecular complexity index is 494. The van der Waals surface area contributed by atoms with Crippen LogP contribution >= 0.6 is 15.9 Å². The summed E-state index contributed by atoms with van der Waals surface area (Å²) in [6.45, 7) is 3.97. The summed E-state index contributed by atoms with van der Waals surface area (Å²) in [5, 5.41) is 7.67. The fourth-order valence-corrected chi connectivity index (χ4v) is 2.56. The number of benzene rings is 1. The van der Waals surface area contributed by atoms with E-state index >= 15 is 0 Å². The summed E-state index contributed by atoms with van der Waals surface area (Å²) in [7, 11) is 1.33. The summed E-state index contributed by atoms with van der Waals surface area (Å²) in [5.41, 5.74) is 10.3. The standard InChI is InChI=1S/C13H19BrN4O2/c1-4-8-6-10(14)7-9(5-2)11(8)18(12(15)16)13(19)17-20-3/h6-7H,4-5H2,1-3H3,(H3,15,16)(H,17,19). The first-order chi connectivity index (χ1) is 9.46. The van der Waals surface area contributed by atoms with Gasteiger partial charge in [-0.05, 0) is 36.1 Å². The number of amides is 2. The van der Waals surface area contributed by atoms with E-state index in [2.05, 4.69) is 26.2 Å². The lowest BCUT2D eigenvalue weighted by molar-refractivity contribution is 0.112. The molecule has 1 rings (SSSR count). The van der Waals surface area contributed by atoms with Crippen LogP contribution < -0.4 is 16.1 Å². The van der Waals surface area contributed by atoms with E-state index in [-0.39, 0.29) is 5.96 Å². The predicted octanol–water partition coefficient (Wildman–Crippen LogP) is 2.54. The van der Waals surface area contributed by atoms with Crippen molar-refractivity contribution in [1.29, 1.82) is 5.41 Å². The molecule has 1 aromatic rings. The monoisotopic (exact) mass is 342 g/mol. The number of carbonyl (C=O) groups excluding carboxylic acids is 1. The number of nitrogens with zero attached hydrogens (tertiary/aromatic N) is 1. The molecule has 7 heteroatoms. The summed E-state index contributed by atoms with van der Waals surface area (Å²) in [6.07, 6.45) is 1.43. The number of hydrogen-bond acceptors (Lipinski definition) is 3. The molecule has 0 aliphatic heterocycles. The number of carbonyl (C=O) groups is 1. The maximum atomic E-state index is 12.1. The van der Waals surface area contributed by atoms with Crippen LogP contribution in [0.3, 0.4) is 0 Å². The maximum absolute atomic E-state index is 12.1. The van der Waals surface area contributed by atoms with Gasteiger partial charge in [0.2, 0.25) is 5.96 Å². The topological polar surface area (TPSA) is 91.4 Å². The Morgan fingerprint density at radius 1 is 1.40 bits per heavy atom. The van der Waals surface area contributed by atoms with Gasteiger partial charge >= 0.3 is 6.03 Å². The summed E-state index contributed by atoms with van der Waals surface area (Å²) < 4.78 is 0.936. The number of hydrogen-bond donors (Lipinski definition) is 3. The molecule has 2 amide bonds. The molecule has 110 valence electrons. The smallest absolute Gasteiger partial charge is 0.352 e. The Hall–Kier alpha value is -1.60. The van der Waals surface area contributed by atoms with Crippen molar-refractivity contribution in [2.75, 3.05) is 12.0 Å². The molecular weight excluding hydrogens is 324 g/mol. The minimum absolute atomic E-state index is 0.355. The van der Waals surface area contributed by atoms with Crippen LogP contribution in [0.15, 0.2) is 16.6 Å². The van der Waals surface area contributed by atoms with Crippen molar-refractivity contribution in [3.05, 3.63) is 27.7 Å². The lowest BCUT2D eigenvalue weighted by Gasteiger charge is -2.25. The third-order valence-electron chi connectivity index (χ3n) is 2.85. The average molecular weight is 343 g/mol. The first-order valence-electron chi connectivity index (χ1n) is 6.24. The molecule has 0 bridgehead atoms. The SMILES string of the molecule is CCc1cc(Br)cc(CC)c1N(C(=N)N)C(=O)NOC. The molecule has 0 spiro atoms. The third-order valence-corrected chi connectivity index (χ3v) is 3.31. The Labute approximate surface area is 126 Å². The van der Waals surface area contributed by atoms with Crippen molar-refractivity contribution in [1.82, 2.24) is 5.48 Å². The normalized spacial score (nSPS) is 10.2. The van der Waals surface area contributed by atoms with Gasteiger partial charge < -0.3 is 5.73 Å². The van der Waals surface area contributed by atoms with Crippen LogP contribution in [0.1, 0.15) is 25.0 Å². The molecule has 0 atom stereocenters. The fraction of sp³-hybridized carbons (Fsp3) is 0.385. The van der Waals surface area contributed by atoms with E-state index in [4.69, 9.17) is 11.1 Å². The summed E-state index contributed by atoms with van der Waals surface area (Å²) in [4.78, 5) is 17.8. The summed E-state index contributed by atoms with van der Waals surface area (Å²) in [5.74, 6) is -0.355. The fourth-order valence-electron chi connectivity index (χ4n) is 2.01. The van der Waals surface area contributed by atoms with Crippen LogP contribution in [-0.4, -0.2) is 19.1 Å². The van der Waals surface area contributed by atoms with Crippen LogP contribution in [0.4, 0.5) is 10.5 Å². The van der Waals surface area contributed by atoms with Crippen LogP contribution in [-0.2, 0) is 17.7 Å². The highest BCUT2D eigenvalue weighted by Gasteiger charge is 2.24. The molecule has 0 unspecified atom stereocenters. The molecule has 6 nitrogen and oxygen atoms in total. The molecule has 0 aliphatic carbocycles. The number of guanidine groups is 1. The highest BCUT2D eigenvalue weighted by Crippen LogP contribution is 2.30. The van der Waals surface area contributed by atoms with Gasteiger partial charge in [0, 0.05) is 4.47 Å². The van der Waals surface area contributed by atoms with Gasteiger partial charge in [0.25, 0.3) is 0 Å². The summed E-state index contributed by atoms with van der Waals surface area (Å²) in [6, 6.07) is 3.25. The van der Waals surface area contributed by atoms with Gasteiger partial charge in [0.15, 0.2) is 0 Å². The molecule has 0 heterocycles. The molecule has 0 aromatic heterocycles. The zero-order chi connectivity index (χ0) is 15.3. The number of rotatable bonds is 4. The van der Waals surface area contributed by atoms with Crippen molar-refractivity contribution in [3.8, 4) is 0 Å². The predicted molar refractivity (Wildman–Crippen MR) is 82.8 cm³/mol. The van der Waals surface area contributed by atoms with Crippen molar-refractivity contribution in [3.63, 3.8) is 0 Å². The second kappa shape index (κ2) is 7.25. The first-order valence-corrected chi connectivity index (χ1v) is 7.03. The Morgan fingerprint density at radius 3 is 2.25 bits per heavy atom. The Balaban J connectivity index is 3.45. The number of nitrogens with one attached hydrogen (secondary N) is 2. The molecule has 0 aliphatic rings. The average Bonchev–Trinajstić information content (AvgIpc) is 2.39. The largest absolute Gasteiger partial charge is 0.369 e. The number of halogens is 1. The first kappa shape index (κ1) is 16.5. The lowest BCUT2D eigenvalue weighted by Crippen LogP contribution is -2.47. The number of anilines is 1. The second-order valence-electron chi connectivity index (χ2n) is 4.11. The minimum atomic E-state index is -0.591. The van der Waals surface area contributed by atoms with Crippen molar-refractivity contribution >= 4 is 33.6 Å². The van der Waals surface area contributed by atoms with Gasteiger partial charge in [-0.15, -0.1) is 0 Å². The van der Waals surface area contributed by atoms with E-state index in [1.54, 1.807) is 0 Å². The van der Waals surface area contributed by atoms with Crippen LogP contribution in [0.25, 0.3) is 0 Å². The lowest BCUT2D eigenvalue weighted by atomic mass is 10.0. The van der Waals surface area contributed by atoms with Crippen molar-refractivity contribution in [2.24, 2.45) is 5.73 Å². The molecule has 0 saturated carbocycles. The van der Waals surface area contributed by atoms with E-state index in [0.717, 1.165) is 20.5 Å². The van der Waals surface area contributed by atoms with E-state index in [0.29, 0.717) is 18.5 Å².